The summed E-state index contributed by atoms with van der Waals surface area (Å²) in [5, 5.41) is 0. The summed E-state index contributed by atoms with van der Waals surface area (Å²) in [4.78, 5) is 0. The van der Waals surface area contributed by atoms with Gasteiger partial charge in [-0.05, 0) is 31.6 Å². The normalized spacial score (nSPS) is 24.2. The number of rotatable bonds is 2. The maximum atomic E-state index is 2.44. The van der Waals surface area contributed by atoms with E-state index >= 15 is 0 Å². The highest BCUT2D eigenvalue weighted by molar-refractivity contribution is 4.99. The molecule has 0 aromatic heterocycles. The SMILES string of the molecule is CC=CC1(CC)CCCCC1. The van der Waals surface area contributed by atoms with E-state index in [9.17, 15) is 0 Å². The number of hydrogen-bond acceptors (Lipinski definition) is 0. The van der Waals surface area contributed by atoms with Crippen molar-refractivity contribution in [3.8, 4) is 0 Å². The van der Waals surface area contributed by atoms with Crippen molar-refractivity contribution in [2.45, 2.75) is 52.4 Å². The number of allylic oxidation sites excluding steroid dienone is 2. The lowest BCUT2D eigenvalue weighted by Gasteiger charge is -2.33. The molecule has 0 amide bonds. The van der Waals surface area contributed by atoms with Gasteiger partial charge in [-0.1, -0.05) is 38.3 Å². The first-order valence-electron chi connectivity index (χ1n) is 4.97. The van der Waals surface area contributed by atoms with Gasteiger partial charge in [0.1, 0.15) is 0 Å². The Bertz CT molecular complexity index is 127. The van der Waals surface area contributed by atoms with Gasteiger partial charge in [-0.15, -0.1) is 0 Å². The second-order valence-corrected chi connectivity index (χ2v) is 3.78. The fourth-order valence-electron chi connectivity index (χ4n) is 2.25. The largest absolute Gasteiger partial charge is 0.0911 e. The van der Waals surface area contributed by atoms with Crippen molar-refractivity contribution in [3.63, 3.8) is 0 Å². The van der Waals surface area contributed by atoms with Crippen LogP contribution in [0.4, 0.5) is 0 Å². The highest BCUT2D eigenvalue weighted by Crippen LogP contribution is 2.40. The van der Waals surface area contributed by atoms with Crippen LogP contribution in [0.1, 0.15) is 52.4 Å². The summed E-state index contributed by atoms with van der Waals surface area (Å²) in [7, 11) is 0. The molecule has 0 spiro atoms. The minimum atomic E-state index is 0.590. The number of hydrogen-bond donors (Lipinski definition) is 0. The van der Waals surface area contributed by atoms with Crippen LogP contribution in [0.25, 0.3) is 0 Å². The van der Waals surface area contributed by atoms with E-state index in [-0.39, 0.29) is 0 Å². The molecule has 0 heteroatoms. The van der Waals surface area contributed by atoms with Crippen molar-refractivity contribution in [1.29, 1.82) is 0 Å². The highest BCUT2D eigenvalue weighted by Gasteiger charge is 2.26. The van der Waals surface area contributed by atoms with Crippen molar-refractivity contribution >= 4 is 0 Å². The van der Waals surface area contributed by atoms with Gasteiger partial charge in [-0.2, -0.15) is 0 Å². The standard InChI is InChI=1S/C11H20/c1-3-8-11(4-2)9-6-5-7-10-11/h3,8H,4-7,9-10H2,1-2H3. The van der Waals surface area contributed by atoms with E-state index in [1.54, 1.807) is 0 Å². The molecule has 0 aromatic carbocycles. The average Bonchev–Trinajstić information content (AvgIpc) is 2.07. The Morgan fingerprint density at radius 2 is 1.82 bits per heavy atom. The van der Waals surface area contributed by atoms with Crippen LogP contribution in [0, 0.1) is 5.41 Å². The molecule has 0 radical (unpaired) electrons. The molecule has 64 valence electrons. The molecule has 1 fully saturated rings. The van der Waals surface area contributed by atoms with Crippen molar-refractivity contribution < 1.29 is 0 Å². The molecule has 0 heterocycles. The Morgan fingerprint density at radius 1 is 1.18 bits per heavy atom. The second-order valence-electron chi connectivity index (χ2n) is 3.78. The fourth-order valence-corrected chi connectivity index (χ4v) is 2.25. The Kier molecular flexibility index (Phi) is 3.16. The first-order chi connectivity index (χ1) is 5.33. The minimum Gasteiger partial charge on any atom is -0.0911 e. The van der Waals surface area contributed by atoms with Gasteiger partial charge in [0.25, 0.3) is 0 Å². The van der Waals surface area contributed by atoms with E-state index in [0.717, 1.165) is 0 Å². The Morgan fingerprint density at radius 3 is 2.27 bits per heavy atom. The zero-order chi connectivity index (χ0) is 8.16. The zero-order valence-electron chi connectivity index (χ0n) is 7.90. The molecule has 0 nitrogen and oxygen atoms in total. The molecule has 0 aromatic rings. The molecule has 0 atom stereocenters. The van der Waals surface area contributed by atoms with E-state index in [4.69, 9.17) is 0 Å². The van der Waals surface area contributed by atoms with Gasteiger partial charge >= 0.3 is 0 Å². The summed E-state index contributed by atoms with van der Waals surface area (Å²) in [6.45, 7) is 4.47. The van der Waals surface area contributed by atoms with Crippen molar-refractivity contribution in [2.24, 2.45) is 5.41 Å². The molecule has 0 aliphatic heterocycles. The molecule has 0 bridgehead atoms. The molecule has 11 heavy (non-hydrogen) atoms. The van der Waals surface area contributed by atoms with Crippen LogP contribution in [0.2, 0.25) is 0 Å². The van der Waals surface area contributed by atoms with Gasteiger partial charge in [-0.25, -0.2) is 0 Å². The molecular formula is C11H20. The fraction of sp³-hybridized carbons (Fsp3) is 0.818. The van der Waals surface area contributed by atoms with Crippen molar-refractivity contribution in [3.05, 3.63) is 12.2 Å². The van der Waals surface area contributed by atoms with Crippen LogP contribution in [-0.2, 0) is 0 Å². The van der Waals surface area contributed by atoms with Crippen LogP contribution in [0.15, 0.2) is 12.2 Å². The molecule has 0 N–H and O–H groups in total. The molecule has 1 rings (SSSR count). The summed E-state index contributed by atoms with van der Waals surface area (Å²) in [5.41, 5.74) is 0.590. The molecule has 1 aliphatic carbocycles. The van der Waals surface area contributed by atoms with E-state index in [0.29, 0.717) is 5.41 Å². The third kappa shape index (κ3) is 2.08. The second kappa shape index (κ2) is 3.94. The van der Waals surface area contributed by atoms with Crippen LogP contribution in [0.3, 0.4) is 0 Å². The summed E-state index contributed by atoms with van der Waals surface area (Å²) in [5.74, 6) is 0. The smallest absolute Gasteiger partial charge is 0.0121 e. The average molecular weight is 152 g/mol. The van der Waals surface area contributed by atoms with Crippen LogP contribution in [-0.4, -0.2) is 0 Å². The minimum absolute atomic E-state index is 0.590. The van der Waals surface area contributed by atoms with Crippen LogP contribution in [0.5, 0.6) is 0 Å². The first-order valence-corrected chi connectivity index (χ1v) is 4.97. The molecule has 0 saturated heterocycles. The monoisotopic (exact) mass is 152 g/mol. The molecule has 1 aliphatic rings. The third-order valence-electron chi connectivity index (χ3n) is 3.07. The van der Waals surface area contributed by atoms with Gasteiger partial charge in [0.15, 0.2) is 0 Å². The predicted octanol–water partition coefficient (Wildman–Crippen LogP) is 3.92. The maximum Gasteiger partial charge on any atom is -0.0121 e. The third-order valence-corrected chi connectivity index (χ3v) is 3.07. The molecular weight excluding hydrogens is 132 g/mol. The highest BCUT2D eigenvalue weighted by atomic mass is 14.3. The quantitative estimate of drug-likeness (QED) is 0.526. The van der Waals surface area contributed by atoms with Gasteiger partial charge in [0, 0.05) is 0 Å². The lowest BCUT2D eigenvalue weighted by atomic mass is 9.72. The molecule has 1 saturated carbocycles. The summed E-state index contributed by atoms with van der Waals surface area (Å²) in [6, 6.07) is 0. The summed E-state index contributed by atoms with van der Waals surface area (Å²) < 4.78 is 0. The van der Waals surface area contributed by atoms with Gasteiger partial charge in [-0.3, -0.25) is 0 Å². The van der Waals surface area contributed by atoms with E-state index in [2.05, 4.69) is 26.0 Å². The Labute approximate surface area is 70.7 Å². The maximum absolute atomic E-state index is 2.44. The predicted molar refractivity (Wildman–Crippen MR) is 50.6 cm³/mol. The Balaban J connectivity index is 2.56. The van der Waals surface area contributed by atoms with E-state index < -0.39 is 0 Å². The van der Waals surface area contributed by atoms with Gasteiger partial charge in [0.2, 0.25) is 0 Å². The summed E-state index contributed by atoms with van der Waals surface area (Å²) >= 11 is 0. The van der Waals surface area contributed by atoms with Gasteiger partial charge in [0.05, 0.1) is 0 Å². The van der Waals surface area contributed by atoms with E-state index in [1.165, 1.54) is 38.5 Å². The lowest BCUT2D eigenvalue weighted by Crippen LogP contribution is -2.20. The van der Waals surface area contributed by atoms with Crippen LogP contribution >= 0.6 is 0 Å². The van der Waals surface area contributed by atoms with Gasteiger partial charge < -0.3 is 0 Å². The first kappa shape index (κ1) is 8.83. The topological polar surface area (TPSA) is 0 Å². The van der Waals surface area contributed by atoms with Crippen molar-refractivity contribution in [2.75, 3.05) is 0 Å². The Hall–Kier alpha value is -0.260. The van der Waals surface area contributed by atoms with E-state index in [1.807, 2.05) is 0 Å². The lowest BCUT2D eigenvalue weighted by molar-refractivity contribution is 0.248. The summed E-state index contributed by atoms with van der Waals surface area (Å²) in [6.07, 6.45) is 13.2. The van der Waals surface area contributed by atoms with Crippen molar-refractivity contribution in [1.82, 2.24) is 0 Å². The zero-order valence-corrected chi connectivity index (χ0v) is 7.90. The molecule has 0 unspecified atom stereocenters. The van der Waals surface area contributed by atoms with Crippen LogP contribution < -0.4 is 0 Å².